The molecule has 2 aromatic carbocycles. The molecule has 32 heavy (non-hydrogen) atoms. The van der Waals surface area contributed by atoms with Gasteiger partial charge in [-0.2, -0.15) is 20.0 Å². The predicted octanol–water partition coefficient (Wildman–Crippen LogP) is 4.22. The lowest BCUT2D eigenvalue weighted by atomic mass is 10.1. The summed E-state index contributed by atoms with van der Waals surface area (Å²) in [5.41, 5.74) is 5.41. The second-order valence-corrected chi connectivity index (χ2v) is 8.27. The van der Waals surface area contributed by atoms with Crippen LogP contribution in [0.4, 0.5) is 0 Å². The summed E-state index contributed by atoms with van der Waals surface area (Å²) in [4.78, 5) is 21.6. The van der Waals surface area contributed by atoms with Gasteiger partial charge in [0.1, 0.15) is 6.04 Å². The van der Waals surface area contributed by atoms with Crippen LogP contribution in [0.5, 0.6) is 0 Å². The van der Waals surface area contributed by atoms with E-state index in [0.717, 1.165) is 29.5 Å². The zero-order valence-corrected chi connectivity index (χ0v) is 18.3. The summed E-state index contributed by atoms with van der Waals surface area (Å²) in [6, 6.07) is 11.6. The summed E-state index contributed by atoms with van der Waals surface area (Å²) in [5.74, 6) is 0.931. The minimum Gasteiger partial charge on any atom is -0.337 e. The average Bonchev–Trinajstić information content (AvgIpc) is 3.54. The van der Waals surface area contributed by atoms with Crippen LogP contribution in [0.15, 0.2) is 53.3 Å². The molecule has 1 aliphatic heterocycles. The van der Waals surface area contributed by atoms with E-state index in [0.29, 0.717) is 29.5 Å². The van der Waals surface area contributed by atoms with Crippen molar-refractivity contribution < 1.29 is 9.32 Å². The molecule has 5 rings (SSSR count). The Labute approximate surface area is 185 Å². The summed E-state index contributed by atoms with van der Waals surface area (Å²) in [7, 11) is 0. The highest BCUT2D eigenvalue weighted by atomic mass is 16.5. The van der Waals surface area contributed by atoms with Gasteiger partial charge in [0.05, 0.1) is 23.6 Å². The lowest BCUT2D eigenvalue weighted by Gasteiger charge is -2.23. The Kier molecular flexibility index (Phi) is 5.05. The smallest absolute Gasteiger partial charge is 0.256 e. The number of hydrogen-bond acceptors (Lipinski definition) is 6. The number of hydrogen-bond donors (Lipinski definition) is 0. The molecule has 1 saturated heterocycles. The van der Waals surface area contributed by atoms with Crippen molar-refractivity contribution in [1.82, 2.24) is 30.0 Å². The van der Waals surface area contributed by atoms with Crippen molar-refractivity contribution in [2.24, 2.45) is 0 Å². The molecule has 162 valence electrons. The van der Waals surface area contributed by atoms with Crippen LogP contribution in [-0.4, -0.2) is 42.5 Å². The molecule has 0 bridgehead atoms. The van der Waals surface area contributed by atoms with Crippen LogP contribution in [0.25, 0.3) is 17.1 Å². The van der Waals surface area contributed by atoms with Gasteiger partial charge in [-0.15, -0.1) is 0 Å². The minimum atomic E-state index is -0.256. The highest BCUT2D eigenvalue weighted by molar-refractivity contribution is 5.98. The first-order valence-corrected chi connectivity index (χ1v) is 10.7. The van der Waals surface area contributed by atoms with Gasteiger partial charge in [-0.25, -0.2) is 0 Å². The maximum absolute atomic E-state index is 13.6. The van der Waals surface area contributed by atoms with E-state index in [2.05, 4.69) is 33.3 Å². The van der Waals surface area contributed by atoms with E-state index in [1.165, 1.54) is 10.4 Å². The summed E-state index contributed by atoms with van der Waals surface area (Å²) in [6.07, 6.45) is 4.85. The first kappa shape index (κ1) is 20.1. The van der Waals surface area contributed by atoms with Crippen molar-refractivity contribution in [1.29, 1.82) is 0 Å². The monoisotopic (exact) mass is 428 g/mol. The Morgan fingerprint density at radius 3 is 2.56 bits per heavy atom. The largest absolute Gasteiger partial charge is 0.337 e. The second-order valence-electron chi connectivity index (χ2n) is 8.27. The van der Waals surface area contributed by atoms with Crippen molar-refractivity contribution in [3.63, 3.8) is 0 Å². The van der Waals surface area contributed by atoms with E-state index in [1.54, 1.807) is 12.4 Å². The third-order valence-electron chi connectivity index (χ3n) is 5.88. The van der Waals surface area contributed by atoms with Gasteiger partial charge in [0.15, 0.2) is 0 Å². The van der Waals surface area contributed by atoms with Crippen LogP contribution < -0.4 is 0 Å². The summed E-state index contributed by atoms with van der Waals surface area (Å²) < 4.78 is 5.65. The molecule has 1 fully saturated rings. The summed E-state index contributed by atoms with van der Waals surface area (Å²) in [5, 5.41) is 12.6. The molecule has 1 atom stereocenters. The molecule has 3 heterocycles. The van der Waals surface area contributed by atoms with Gasteiger partial charge in [0, 0.05) is 12.1 Å². The third kappa shape index (κ3) is 3.57. The van der Waals surface area contributed by atoms with Crippen LogP contribution in [0.3, 0.4) is 0 Å². The fourth-order valence-electron chi connectivity index (χ4n) is 4.30. The van der Waals surface area contributed by atoms with Crippen LogP contribution >= 0.6 is 0 Å². The van der Waals surface area contributed by atoms with Crippen molar-refractivity contribution >= 4 is 5.91 Å². The van der Waals surface area contributed by atoms with Crippen molar-refractivity contribution in [2.45, 2.75) is 39.7 Å². The maximum atomic E-state index is 13.6. The number of aromatic nitrogens is 5. The van der Waals surface area contributed by atoms with Gasteiger partial charge in [0.2, 0.25) is 11.7 Å². The molecule has 8 heteroatoms. The topological polar surface area (TPSA) is 89.9 Å². The van der Waals surface area contributed by atoms with Gasteiger partial charge in [-0.1, -0.05) is 40.5 Å². The molecule has 0 saturated carbocycles. The maximum Gasteiger partial charge on any atom is 0.256 e. The Hall–Kier alpha value is -3.81. The first-order valence-electron chi connectivity index (χ1n) is 10.7. The van der Waals surface area contributed by atoms with Crippen LogP contribution in [0, 0.1) is 20.8 Å². The average molecular weight is 428 g/mol. The summed E-state index contributed by atoms with van der Waals surface area (Å²) in [6.45, 7) is 6.68. The number of nitrogens with zero attached hydrogens (tertiary/aromatic N) is 6. The molecule has 0 radical (unpaired) electrons. The quantitative estimate of drug-likeness (QED) is 0.483. The normalized spacial score (nSPS) is 16.0. The zero-order valence-electron chi connectivity index (χ0n) is 18.3. The van der Waals surface area contributed by atoms with Gasteiger partial charge < -0.3 is 9.42 Å². The Morgan fingerprint density at radius 1 is 1.03 bits per heavy atom. The lowest BCUT2D eigenvalue weighted by Crippen LogP contribution is -2.31. The Bertz CT molecular complexity index is 1280. The van der Waals surface area contributed by atoms with E-state index in [1.807, 2.05) is 49.1 Å². The Balaban J connectivity index is 1.47. The van der Waals surface area contributed by atoms with E-state index in [4.69, 9.17) is 4.52 Å². The van der Waals surface area contributed by atoms with Crippen LogP contribution in [-0.2, 0) is 0 Å². The van der Waals surface area contributed by atoms with E-state index < -0.39 is 0 Å². The van der Waals surface area contributed by atoms with Gasteiger partial charge in [-0.3, -0.25) is 4.79 Å². The van der Waals surface area contributed by atoms with E-state index >= 15 is 0 Å². The zero-order chi connectivity index (χ0) is 22.2. The van der Waals surface area contributed by atoms with Gasteiger partial charge in [0.25, 0.3) is 5.91 Å². The fourth-order valence-corrected chi connectivity index (χ4v) is 4.30. The Morgan fingerprint density at radius 2 is 1.78 bits per heavy atom. The van der Waals surface area contributed by atoms with E-state index in [9.17, 15) is 4.79 Å². The molecule has 2 aromatic heterocycles. The molecule has 4 aromatic rings. The third-order valence-corrected chi connectivity index (χ3v) is 5.88. The number of aryl methyl sites for hydroxylation is 3. The highest BCUT2D eigenvalue weighted by Gasteiger charge is 2.35. The number of carbonyl (C=O) groups excluding carboxylic acids is 1. The molecule has 0 spiro atoms. The molecule has 0 unspecified atom stereocenters. The molecule has 1 aliphatic rings. The van der Waals surface area contributed by atoms with Crippen LogP contribution in [0.2, 0.25) is 0 Å². The molecule has 0 N–H and O–H groups in total. The van der Waals surface area contributed by atoms with Crippen molar-refractivity contribution in [3.8, 4) is 17.1 Å². The van der Waals surface area contributed by atoms with E-state index in [-0.39, 0.29) is 11.9 Å². The molecule has 0 aliphatic carbocycles. The fraction of sp³-hybridized carbons (Fsp3) is 0.292. The number of benzene rings is 2. The predicted molar refractivity (Wildman–Crippen MR) is 118 cm³/mol. The standard InChI is InChI=1S/C24H24N6O2/c1-15-6-8-18(17(3)13-15)22-27-23(32-28-22)21-5-4-12-29(21)24(31)19-14-16(2)7-9-20(19)30-25-10-11-26-30/h6-11,13-14,21H,4-5,12H2,1-3H3/t21-/m0/s1. The first-order chi connectivity index (χ1) is 15.5. The SMILES string of the molecule is Cc1ccc(-c2noc([C@@H]3CCCN3C(=O)c3cc(C)ccc3-n3nccn3)n2)c(C)c1. The minimum absolute atomic E-state index is 0.0882. The number of carbonyl (C=O) groups is 1. The van der Waals surface area contributed by atoms with Crippen molar-refractivity contribution in [2.75, 3.05) is 6.54 Å². The van der Waals surface area contributed by atoms with Gasteiger partial charge >= 0.3 is 0 Å². The second kappa shape index (κ2) is 8.03. The molecular weight excluding hydrogens is 404 g/mol. The van der Waals surface area contributed by atoms with Gasteiger partial charge in [-0.05, 0) is 51.3 Å². The number of rotatable bonds is 4. The number of amides is 1. The van der Waals surface area contributed by atoms with Crippen molar-refractivity contribution in [3.05, 3.63) is 76.9 Å². The summed E-state index contributed by atoms with van der Waals surface area (Å²) >= 11 is 0. The highest BCUT2D eigenvalue weighted by Crippen LogP contribution is 2.34. The van der Waals surface area contributed by atoms with Crippen LogP contribution in [0.1, 0.15) is 51.8 Å². The molecule has 8 nitrogen and oxygen atoms in total. The molecule has 1 amide bonds. The lowest BCUT2D eigenvalue weighted by molar-refractivity contribution is 0.0709. The molecular formula is C24H24N6O2. The number of likely N-dealkylation sites (tertiary alicyclic amines) is 1.